The number of carboxylic acid groups (broad SMARTS) is 1. The molecule has 1 N–H and O–H groups in total. The summed E-state index contributed by atoms with van der Waals surface area (Å²) in [5.74, 6) is -0.903. The van der Waals surface area contributed by atoms with Crippen molar-refractivity contribution in [3.8, 4) is 5.69 Å². The van der Waals surface area contributed by atoms with Crippen molar-refractivity contribution in [1.82, 2.24) is 4.57 Å². The van der Waals surface area contributed by atoms with Crippen molar-refractivity contribution < 1.29 is 9.90 Å². The van der Waals surface area contributed by atoms with E-state index in [1.807, 2.05) is 30.3 Å². The first-order valence-corrected chi connectivity index (χ1v) is 4.24. The monoisotopic (exact) mass is 187 g/mol. The van der Waals surface area contributed by atoms with E-state index < -0.39 is 5.97 Å². The van der Waals surface area contributed by atoms with Crippen molar-refractivity contribution >= 4 is 5.97 Å². The Labute approximate surface area is 81.2 Å². The van der Waals surface area contributed by atoms with Gasteiger partial charge in [0.15, 0.2) is 0 Å². The number of carboxylic acids is 1. The maximum Gasteiger partial charge on any atom is 0.337 e. The Bertz CT molecular complexity index is 445. The highest BCUT2D eigenvalue weighted by Gasteiger charge is 2.04. The van der Waals surface area contributed by atoms with Crippen LogP contribution in [0.5, 0.6) is 0 Å². The molecule has 0 amide bonds. The van der Waals surface area contributed by atoms with E-state index in [4.69, 9.17) is 5.11 Å². The molecule has 0 fully saturated rings. The van der Waals surface area contributed by atoms with Gasteiger partial charge < -0.3 is 9.67 Å². The van der Waals surface area contributed by atoms with Crippen LogP contribution in [-0.2, 0) is 0 Å². The van der Waals surface area contributed by atoms with E-state index in [-0.39, 0.29) is 0 Å². The number of para-hydroxylation sites is 1. The molecule has 2 rings (SSSR count). The summed E-state index contributed by atoms with van der Waals surface area (Å²) >= 11 is 0. The van der Waals surface area contributed by atoms with Gasteiger partial charge in [0.05, 0.1) is 5.56 Å². The molecule has 70 valence electrons. The molecule has 0 atom stereocenters. The Kier molecular flexibility index (Phi) is 2.07. The van der Waals surface area contributed by atoms with Crippen molar-refractivity contribution in [2.75, 3.05) is 0 Å². The number of benzene rings is 1. The van der Waals surface area contributed by atoms with Crippen LogP contribution < -0.4 is 0 Å². The van der Waals surface area contributed by atoms with Crippen LogP contribution in [0.4, 0.5) is 0 Å². The lowest BCUT2D eigenvalue weighted by Gasteiger charge is -2.00. The predicted molar refractivity (Wildman–Crippen MR) is 52.7 cm³/mol. The summed E-state index contributed by atoms with van der Waals surface area (Å²) in [6.45, 7) is 0. The highest BCUT2D eigenvalue weighted by atomic mass is 16.4. The summed E-state index contributed by atoms with van der Waals surface area (Å²) in [5.41, 5.74) is 1.26. The zero-order valence-electron chi connectivity index (χ0n) is 7.42. The Morgan fingerprint density at radius 3 is 2.43 bits per heavy atom. The molecule has 0 aliphatic carbocycles. The third-order valence-corrected chi connectivity index (χ3v) is 1.99. The minimum Gasteiger partial charge on any atom is -0.478 e. The molecule has 2 aromatic rings. The average molecular weight is 187 g/mol. The standard InChI is InChI=1S/C11H9NO2/c13-11(14)9-6-7-12(8-9)10-4-2-1-3-5-10/h1-8H,(H,13,14). The quantitative estimate of drug-likeness (QED) is 0.782. The third-order valence-electron chi connectivity index (χ3n) is 1.99. The van der Waals surface area contributed by atoms with Gasteiger partial charge in [0.1, 0.15) is 0 Å². The van der Waals surface area contributed by atoms with Gasteiger partial charge in [-0.1, -0.05) is 18.2 Å². The van der Waals surface area contributed by atoms with Gasteiger partial charge in [0.25, 0.3) is 0 Å². The number of nitrogens with zero attached hydrogens (tertiary/aromatic N) is 1. The van der Waals surface area contributed by atoms with Crippen LogP contribution in [0, 0.1) is 0 Å². The highest BCUT2D eigenvalue weighted by molar-refractivity contribution is 5.87. The maximum atomic E-state index is 10.6. The molecule has 0 saturated carbocycles. The van der Waals surface area contributed by atoms with E-state index in [1.165, 1.54) is 0 Å². The van der Waals surface area contributed by atoms with E-state index in [0.29, 0.717) is 5.56 Å². The fraction of sp³-hybridized carbons (Fsp3) is 0. The van der Waals surface area contributed by atoms with Gasteiger partial charge in [-0.05, 0) is 18.2 Å². The molecule has 1 aromatic carbocycles. The van der Waals surface area contributed by atoms with Crippen molar-refractivity contribution in [1.29, 1.82) is 0 Å². The summed E-state index contributed by atoms with van der Waals surface area (Å²) in [6, 6.07) is 11.2. The van der Waals surface area contributed by atoms with E-state index in [1.54, 1.807) is 23.0 Å². The SMILES string of the molecule is O=C(O)c1ccn(-c2ccccc2)c1. The first-order valence-electron chi connectivity index (χ1n) is 4.24. The van der Waals surface area contributed by atoms with E-state index >= 15 is 0 Å². The van der Waals surface area contributed by atoms with E-state index in [0.717, 1.165) is 5.69 Å². The van der Waals surface area contributed by atoms with E-state index in [9.17, 15) is 4.79 Å². The number of hydrogen-bond acceptors (Lipinski definition) is 1. The zero-order valence-corrected chi connectivity index (χ0v) is 7.42. The normalized spacial score (nSPS) is 10.0. The Hall–Kier alpha value is -2.03. The minimum atomic E-state index is -0.903. The fourth-order valence-corrected chi connectivity index (χ4v) is 1.28. The number of rotatable bonds is 2. The zero-order chi connectivity index (χ0) is 9.97. The summed E-state index contributed by atoms with van der Waals surface area (Å²) in [5, 5.41) is 8.73. The van der Waals surface area contributed by atoms with Gasteiger partial charge in [0, 0.05) is 18.1 Å². The van der Waals surface area contributed by atoms with Gasteiger partial charge in [0.2, 0.25) is 0 Å². The van der Waals surface area contributed by atoms with Gasteiger partial charge in [-0.3, -0.25) is 0 Å². The molecule has 0 spiro atoms. The molecule has 14 heavy (non-hydrogen) atoms. The number of aromatic carboxylic acids is 1. The van der Waals surface area contributed by atoms with Crippen molar-refractivity contribution in [3.05, 3.63) is 54.4 Å². The van der Waals surface area contributed by atoms with Gasteiger partial charge in [-0.15, -0.1) is 0 Å². The first kappa shape index (κ1) is 8.56. The van der Waals surface area contributed by atoms with Crippen molar-refractivity contribution in [2.24, 2.45) is 0 Å². The molecule has 0 radical (unpaired) electrons. The molecule has 0 bridgehead atoms. The van der Waals surface area contributed by atoms with Gasteiger partial charge in [-0.25, -0.2) is 4.79 Å². The second-order valence-corrected chi connectivity index (χ2v) is 2.95. The van der Waals surface area contributed by atoms with Gasteiger partial charge >= 0.3 is 5.97 Å². The smallest absolute Gasteiger partial charge is 0.337 e. The van der Waals surface area contributed by atoms with Crippen LogP contribution in [0.15, 0.2) is 48.8 Å². The maximum absolute atomic E-state index is 10.6. The van der Waals surface area contributed by atoms with Crippen LogP contribution >= 0.6 is 0 Å². The second-order valence-electron chi connectivity index (χ2n) is 2.95. The highest BCUT2D eigenvalue weighted by Crippen LogP contribution is 2.09. The van der Waals surface area contributed by atoms with Crippen molar-refractivity contribution in [3.63, 3.8) is 0 Å². The number of aromatic nitrogens is 1. The molecule has 1 heterocycles. The number of carbonyl (C=O) groups is 1. The van der Waals surface area contributed by atoms with Crippen LogP contribution in [0.25, 0.3) is 5.69 Å². The molecule has 0 aliphatic heterocycles. The predicted octanol–water partition coefficient (Wildman–Crippen LogP) is 2.18. The topological polar surface area (TPSA) is 42.2 Å². The molecule has 3 nitrogen and oxygen atoms in total. The molecule has 0 unspecified atom stereocenters. The van der Waals surface area contributed by atoms with Crippen LogP contribution in [0.1, 0.15) is 10.4 Å². The summed E-state index contributed by atoms with van der Waals surface area (Å²) < 4.78 is 1.78. The molecule has 1 aromatic heterocycles. The molecular weight excluding hydrogens is 178 g/mol. The van der Waals surface area contributed by atoms with Crippen molar-refractivity contribution in [2.45, 2.75) is 0 Å². The molecular formula is C11H9NO2. The Morgan fingerprint density at radius 1 is 1.14 bits per heavy atom. The lowest BCUT2D eigenvalue weighted by molar-refractivity contribution is 0.0697. The summed E-state index contributed by atoms with van der Waals surface area (Å²) in [7, 11) is 0. The minimum absolute atomic E-state index is 0.300. The second kappa shape index (κ2) is 3.38. The number of hydrogen-bond donors (Lipinski definition) is 1. The average Bonchev–Trinajstić information content (AvgIpc) is 2.68. The van der Waals surface area contributed by atoms with Crippen LogP contribution in [0.2, 0.25) is 0 Å². The fourth-order valence-electron chi connectivity index (χ4n) is 1.28. The first-order chi connectivity index (χ1) is 6.77. The third kappa shape index (κ3) is 1.52. The van der Waals surface area contributed by atoms with E-state index in [2.05, 4.69) is 0 Å². The van der Waals surface area contributed by atoms with Gasteiger partial charge in [-0.2, -0.15) is 0 Å². The largest absolute Gasteiger partial charge is 0.478 e. The summed E-state index contributed by atoms with van der Waals surface area (Å²) in [4.78, 5) is 10.6. The van der Waals surface area contributed by atoms with Crippen LogP contribution in [0.3, 0.4) is 0 Å². The summed E-state index contributed by atoms with van der Waals surface area (Å²) in [6.07, 6.45) is 3.33. The molecule has 0 aliphatic rings. The Morgan fingerprint density at radius 2 is 1.86 bits per heavy atom. The lowest BCUT2D eigenvalue weighted by atomic mass is 10.3. The van der Waals surface area contributed by atoms with Crippen LogP contribution in [-0.4, -0.2) is 15.6 Å². The molecule has 0 saturated heterocycles. The Balaban J connectivity index is 2.39. The molecule has 3 heteroatoms. The lowest BCUT2D eigenvalue weighted by Crippen LogP contribution is -1.94.